The number of methoxy groups -OCH3 is 1. The highest BCUT2D eigenvalue weighted by atomic mass is 16.5. The van der Waals surface area contributed by atoms with E-state index in [1.54, 1.807) is 7.11 Å². The topological polar surface area (TPSA) is 70.2 Å². The molecule has 2 atom stereocenters. The van der Waals surface area contributed by atoms with Gasteiger partial charge >= 0.3 is 0 Å². The number of carbonyl (C=O) groups excluding carboxylic acids is 1. The zero-order valence-corrected chi connectivity index (χ0v) is 22.2. The Hall–Kier alpha value is -3.38. The molecule has 2 aromatic carbocycles. The van der Waals surface area contributed by atoms with Crippen LogP contribution in [-0.2, 0) is 17.6 Å². The lowest BCUT2D eigenvalue weighted by Crippen LogP contribution is -2.45. The van der Waals surface area contributed by atoms with Crippen molar-refractivity contribution in [2.24, 2.45) is 5.41 Å². The molecule has 2 aromatic heterocycles. The first-order valence-electron chi connectivity index (χ1n) is 13.4. The molecule has 2 unspecified atom stereocenters. The molecule has 0 saturated carbocycles. The number of fused-ring (bicyclic) bond motifs is 5. The van der Waals surface area contributed by atoms with Gasteiger partial charge < -0.3 is 15.0 Å². The van der Waals surface area contributed by atoms with Gasteiger partial charge in [-0.2, -0.15) is 0 Å². The van der Waals surface area contributed by atoms with E-state index in [0.29, 0.717) is 0 Å². The Morgan fingerprint density at radius 2 is 1.97 bits per heavy atom. The van der Waals surface area contributed by atoms with Gasteiger partial charge in [0.05, 0.1) is 30.4 Å². The van der Waals surface area contributed by atoms with Gasteiger partial charge in [-0.3, -0.25) is 14.7 Å². The van der Waals surface area contributed by atoms with E-state index >= 15 is 0 Å². The zero-order chi connectivity index (χ0) is 25.7. The first-order chi connectivity index (χ1) is 17.8. The van der Waals surface area contributed by atoms with Gasteiger partial charge in [-0.25, -0.2) is 0 Å². The lowest BCUT2D eigenvalue weighted by Gasteiger charge is -2.38. The van der Waals surface area contributed by atoms with Gasteiger partial charge in [0.2, 0.25) is 5.91 Å². The lowest BCUT2D eigenvalue weighted by molar-refractivity contribution is -0.126. The van der Waals surface area contributed by atoms with Crippen LogP contribution >= 0.6 is 0 Å². The summed E-state index contributed by atoms with van der Waals surface area (Å²) >= 11 is 0. The number of aromatic amines is 1. The summed E-state index contributed by atoms with van der Waals surface area (Å²) in [6.07, 6.45) is 4.52. The summed E-state index contributed by atoms with van der Waals surface area (Å²) in [5.74, 6) is 0.995. The van der Waals surface area contributed by atoms with Crippen LogP contribution in [0, 0.1) is 5.41 Å². The third-order valence-electron chi connectivity index (χ3n) is 8.27. The van der Waals surface area contributed by atoms with Gasteiger partial charge in [-0.15, -0.1) is 0 Å². The SMILES string of the molecule is COc1ccc(Cc2nc3c(c4c2[nH]c2ccccc24)C(NC(=O)C2CCCN2C)CC(C)(C)C3)cc1. The third-order valence-corrected chi connectivity index (χ3v) is 8.27. The molecule has 1 aliphatic carbocycles. The van der Waals surface area contributed by atoms with Crippen molar-refractivity contribution in [2.75, 3.05) is 20.7 Å². The van der Waals surface area contributed by atoms with Crippen LogP contribution in [0.3, 0.4) is 0 Å². The van der Waals surface area contributed by atoms with Crippen LogP contribution in [0.2, 0.25) is 0 Å². The highest BCUT2D eigenvalue weighted by molar-refractivity contribution is 6.10. The van der Waals surface area contributed by atoms with Crippen LogP contribution in [0.4, 0.5) is 0 Å². The number of aromatic nitrogens is 2. The fourth-order valence-electron chi connectivity index (χ4n) is 6.45. The Kier molecular flexibility index (Phi) is 5.95. The Labute approximate surface area is 218 Å². The van der Waals surface area contributed by atoms with Crippen molar-refractivity contribution < 1.29 is 9.53 Å². The molecule has 192 valence electrons. The molecule has 1 saturated heterocycles. The van der Waals surface area contributed by atoms with Gasteiger partial charge in [0, 0.05) is 34.0 Å². The van der Waals surface area contributed by atoms with E-state index in [0.717, 1.165) is 66.8 Å². The number of carbonyl (C=O) groups is 1. The van der Waals surface area contributed by atoms with Crippen LogP contribution in [0.15, 0.2) is 48.5 Å². The maximum atomic E-state index is 13.5. The number of benzene rings is 2. The number of pyridine rings is 1. The second kappa shape index (κ2) is 9.18. The summed E-state index contributed by atoms with van der Waals surface area (Å²) < 4.78 is 5.35. The molecular formula is C31H36N4O2. The molecule has 37 heavy (non-hydrogen) atoms. The molecule has 2 N–H and O–H groups in total. The molecule has 0 spiro atoms. The Morgan fingerprint density at radius 3 is 2.70 bits per heavy atom. The van der Waals surface area contributed by atoms with E-state index in [-0.39, 0.29) is 23.4 Å². The Balaban J connectivity index is 1.49. The number of rotatable bonds is 5. The highest BCUT2D eigenvalue weighted by Gasteiger charge is 2.38. The van der Waals surface area contributed by atoms with Crippen LogP contribution < -0.4 is 10.1 Å². The van der Waals surface area contributed by atoms with E-state index in [2.05, 4.69) is 72.5 Å². The Morgan fingerprint density at radius 1 is 1.19 bits per heavy atom. The van der Waals surface area contributed by atoms with Crippen molar-refractivity contribution in [3.05, 3.63) is 71.0 Å². The molecular weight excluding hydrogens is 460 g/mol. The molecule has 0 radical (unpaired) electrons. The van der Waals surface area contributed by atoms with Crippen molar-refractivity contribution in [1.82, 2.24) is 20.2 Å². The van der Waals surface area contributed by atoms with E-state index in [4.69, 9.17) is 9.72 Å². The van der Waals surface area contributed by atoms with E-state index in [1.165, 1.54) is 21.9 Å². The Bertz CT molecular complexity index is 1470. The number of para-hydroxylation sites is 1. The van der Waals surface area contributed by atoms with Crippen LogP contribution in [0.5, 0.6) is 5.75 Å². The first kappa shape index (κ1) is 24.0. The highest BCUT2D eigenvalue weighted by Crippen LogP contribution is 2.45. The number of nitrogens with zero attached hydrogens (tertiary/aromatic N) is 2. The molecule has 4 aromatic rings. The minimum atomic E-state index is -0.0653. The molecule has 6 heteroatoms. The van der Waals surface area contributed by atoms with E-state index < -0.39 is 0 Å². The molecule has 3 heterocycles. The summed E-state index contributed by atoms with van der Waals surface area (Å²) in [6.45, 7) is 5.57. The molecule has 1 fully saturated rings. The quantitative estimate of drug-likeness (QED) is 0.381. The molecule has 0 bridgehead atoms. The van der Waals surface area contributed by atoms with Gasteiger partial charge in [-0.1, -0.05) is 44.2 Å². The number of likely N-dealkylation sites (tertiary alicyclic amines) is 1. The molecule has 2 aliphatic rings. The number of hydrogen-bond donors (Lipinski definition) is 2. The summed E-state index contributed by atoms with van der Waals surface area (Å²) in [4.78, 5) is 24.6. The summed E-state index contributed by atoms with van der Waals surface area (Å²) in [5, 5.41) is 5.89. The summed E-state index contributed by atoms with van der Waals surface area (Å²) in [5.41, 5.74) is 6.77. The number of hydrogen-bond acceptors (Lipinski definition) is 4. The second-order valence-corrected chi connectivity index (χ2v) is 11.6. The minimum absolute atomic E-state index is 0.0384. The minimum Gasteiger partial charge on any atom is -0.497 e. The maximum absolute atomic E-state index is 13.5. The summed E-state index contributed by atoms with van der Waals surface area (Å²) in [6, 6.07) is 16.6. The van der Waals surface area contributed by atoms with E-state index in [9.17, 15) is 4.79 Å². The molecule has 1 amide bonds. The predicted molar refractivity (Wildman–Crippen MR) is 148 cm³/mol. The smallest absolute Gasteiger partial charge is 0.237 e. The fourth-order valence-corrected chi connectivity index (χ4v) is 6.45. The van der Waals surface area contributed by atoms with Gasteiger partial charge in [0.25, 0.3) is 0 Å². The average molecular weight is 497 g/mol. The predicted octanol–water partition coefficient (Wildman–Crippen LogP) is 5.54. The largest absolute Gasteiger partial charge is 0.497 e. The normalized spacial score (nSPS) is 21.3. The number of ether oxygens (including phenoxy) is 1. The fraction of sp³-hybridized carbons (Fsp3) is 0.419. The van der Waals surface area contributed by atoms with Crippen molar-refractivity contribution in [3.8, 4) is 5.75 Å². The summed E-state index contributed by atoms with van der Waals surface area (Å²) in [7, 11) is 3.75. The van der Waals surface area contributed by atoms with Crippen molar-refractivity contribution in [1.29, 1.82) is 0 Å². The lowest BCUT2D eigenvalue weighted by atomic mass is 9.72. The van der Waals surface area contributed by atoms with Gasteiger partial charge in [-0.05, 0) is 68.5 Å². The number of amides is 1. The monoisotopic (exact) mass is 496 g/mol. The standard InChI is InChI=1S/C31H36N4O2/c1-31(2)17-24-28(25(18-31)34-30(36)26-10-7-15-35(26)3)27-21-8-5-6-9-22(21)33-29(27)23(32-24)16-19-11-13-20(37-4)14-12-19/h5-6,8-9,11-14,25-26,33H,7,10,15-18H2,1-4H3,(H,34,36). The zero-order valence-electron chi connectivity index (χ0n) is 22.2. The molecule has 1 aliphatic heterocycles. The van der Waals surface area contributed by atoms with Gasteiger partial charge in [0.15, 0.2) is 0 Å². The van der Waals surface area contributed by atoms with Crippen molar-refractivity contribution >= 4 is 27.7 Å². The van der Waals surface area contributed by atoms with Crippen molar-refractivity contribution in [2.45, 2.75) is 58.0 Å². The maximum Gasteiger partial charge on any atom is 0.237 e. The molecule has 6 rings (SSSR count). The van der Waals surface area contributed by atoms with Crippen molar-refractivity contribution in [3.63, 3.8) is 0 Å². The van der Waals surface area contributed by atoms with Crippen LogP contribution in [0.25, 0.3) is 21.8 Å². The average Bonchev–Trinajstić information content (AvgIpc) is 3.47. The van der Waals surface area contributed by atoms with Gasteiger partial charge in [0.1, 0.15) is 5.75 Å². The third kappa shape index (κ3) is 4.37. The van der Waals surface area contributed by atoms with Crippen LogP contribution in [-0.4, -0.2) is 47.5 Å². The second-order valence-electron chi connectivity index (χ2n) is 11.6. The number of likely N-dealkylation sites (N-methyl/N-ethyl adjacent to an activating group) is 1. The van der Waals surface area contributed by atoms with Crippen LogP contribution in [0.1, 0.15) is 61.7 Å². The number of H-pyrrole nitrogens is 1. The van der Waals surface area contributed by atoms with E-state index in [1.807, 2.05) is 12.1 Å². The number of nitrogens with one attached hydrogen (secondary N) is 2. The molecule has 6 nitrogen and oxygen atoms in total. The first-order valence-corrected chi connectivity index (χ1v) is 13.4.